The van der Waals surface area contributed by atoms with Crippen LogP contribution in [-0.2, 0) is 0 Å². The maximum absolute atomic E-state index is 4.54. The topological polar surface area (TPSA) is 24.4 Å². The van der Waals surface area contributed by atoms with Gasteiger partial charge in [0.2, 0.25) is 0 Å². The van der Waals surface area contributed by atoms with Crippen molar-refractivity contribution in [2.24, 2.45) is 4.99 Å². The molecule has 1 heterocycles. The van der Waals surface area contributed by atoms with Gasteiger partial charge in [-0.05, 0) is 12.7 Å². The Morgan fingerprint density at radius 2 is 2.54 bits per heavy atom. The summed E-state index contributed by atoms with van der Waals surface area (Å²) in [6, 6.07) is 0.647. The largest absolute Gasteiger partial charge is 0.361 e. The first-order chi connectivity index (χ1) is 6.26. The van der Waals surface area contributed by atoms with Crippen LogP contribution in [0.1, 0.15) is 20.3 Å². The van der Waals surface area contributed by atoms with Gasteiger partial charge in [0.1, 0.15) is 0 Å². The van der Waals surface area contributed by atoms with E-state index in [1.165, 1.54) is 12.2 Å². The third kappa shape index (κ3) is 3.81. The maximum atomic E-state index is 4.54. The Bertz CT molecular complexity index is 182. The van der Waals surface area contributed by atoms with E-state index in [9.17, 15) is 0 Å². The summed E-state index contributed by atoms with van der Waals surface area (Å²) in [6.45, 7) is 5.37. The van der Waals surface area contributed by atoms with Crippen LogP contribution in [0.4, 0.5) is 0 Å². The minimum atomic E-state index is 0.635. The van der Waals surface area contributed by atoms with Crippen LogP contribution in [0, 0.1) is 0 Å². The summed E-state index contributed by atoms with van der Waals surface area (Å²) in [7, 11) is 0. The zero-order chi connectivity index (χ0) is 9.68. The molecule has 0 amide bonds. The van der Waals surface area contributed by atoms with Crippen molar-refractivity contribution in [3.8, 4) is 0 Å². The van der Waals surface area contributed by atoms with Crippen molar-refractivity contribution in [1.29, 1.82) is 0 Å². The van der Waals surface area contributed by atoms with Crippen LogP contribution in [0.2, 0.25) is 0 Å². The second-order valence-electron chi connectivity index (χ2n) is 3.25. The number of aliphatic imine (C=N–C) groups is 1. The molecule has 1 rings (SSSR count). The molecule has 76 valence electrons. The molecule has 4 heteroatoms. The molecular weight excluding hydrogens is 200 g/mol. The average molecular weight is 218 g/mol. The SMILES string of the molecule is CCC1CSC(=NCC(C)SC)N1. The first-order valence-corrected chi connectivity index (χ1v) is 7.00. The van der Waals surface area contributed by atoms with Gasteiger partial charge in [0.15, 0.2) is 5.17 Å². The number of hydrogen-bond donors (Lipinski definition) is 1. The summed E-state index contributed by atoms with van der Waals surface area (Å²) in [6.07, 6.45) is 3.33. The molecule has 0 saturated carbocycles. The van der Waals surface area contributed by atoms with Crippen LogP contribution >= 0.6 is 23.5 Å². The van der Waals surface area contributed by atoms with Crippen molar-refractivity contribution in [2.75, 3.05) is 18.6 Å². The Hall–Kier alpha value is 0.170. The molecule has 0 spiro atoms. The first-order valence-electron chi connectivity index (χ1n) is 4.72. The van der Waals surface area contributed by atoms with Gasteiger partial charge in [0.25, 0.3) is 0 Å². The molecule has 1 fully saturated rings. The van der Waals surface area contributed by atoms with Gasteiger partial charge in [0.05, 0.1) is 6.54 Å². The van der Waals surface area contributed by atoms with Gasteiger partial charge in [-0.25, -0.2) is 0 Å². The molecule has 1 N–H and O–H groups in total. The molecule has 2 nitrogen and oxygen atoms in total. The fourth-order valence-corrected chi connectivity index (χ4v) is 2.35. The summed E-state index contributed by atoms with van der Waals surface area (Å²) >= 11 is 3.73. The molecule has 0 radical (unpaired) electrons. The highest BCUT2D eigenvalue weighted by Crippen LogP contribution is 2.16. The normalized spacial score (nSPS) is 27.6. The molecule has 1 saturated heterocycles. The molecule has 0 aliphatic carbocycles. The van der Waals surface area contributed by atoms with Crippen LogP contribution in [0.25, 0.3) is 0 Å². The molecule has 1 aliphatic heterocycles. The number of amidine groups is 1. The lowest BCUT2D eigenvalue weighted by molar-refractivity contribution is 0.666. The zero-order valence-corrected chi connectivity index (χ0v) is 10.2. The van der Waals surface area contributed by atoms with Crippen molar-refractivity contribution in [2.45, 2.75) is 31.6 Å². The minimum absolute atomic E-state index is 0.635. The van der Waals surface area contributed by atoms with Crippen molar-refractivity contribution in [3.63, 3.8) is 0 Å². The Labute approximate surface area is 89.3 Å². The first kappa shape index (κ1) is 11.2. The molecular formula is C9H18N2S2. The summed E-state index contributed by atoms with van der Waals surface area (Å²) < 4.78 is 0. The van der Waals surface area contributed by atoms with Crippen LogP contribution in [0.5, 0.6) is 0 Å². The van der Waals surface area contributed by atoms with Gasteiger partial charge in [-0.3, -0.25) is 4.99 Å². The van der Waals surface area contributed by atoms with E-state index in [1.807, 2.05) is 23.5 Å². The molecule has 13 heavy (non-hydrogen) atoms. The van der Waals surface area contributed by atoms with Gasteiger partial charge < -0.3 is 5.32 Å². The smallest absolute Gasteiger partial charge is 0.156 e. The van der Waals surface area contributed by atoms with E-state index in [0.717, 1.165) is 11.7 Å². The Morgan fingerprint density at radius 1 is 1.77 bits per heavy atom. The van der Waals surface area contributed by atoms with Gasteiger partial charge >= 0.3 is 0 Å². The second kappa shape index (κ2) is 5.81. The van der Waals surface area contributed by atoms with E-state index in [-0.39, 0.29) is 0 Å². The monoisotopic (exact) mass is 218 g/mol. The van der Waals surface area contributed by atoms with Gasteiger partial charge in [-0.15, -0.1) is 0 Å². The Morgan fingerprint density at radius 3 is 3.08 bits per heavy atom. The van der Waals surface area contributed by atoms with Crippen molar-refractivity contribution in [3.05, 3.63) is 0 Å². The third-order valence-corrected chi connectivity index (χ3v) is 4.18. The van der Waals surface area contributed by atoms with E-state index >= 15 is 0 Å². The second-order valence-corrected chi connectivity index (χ2v) is 5.54. The van der Waals surface area contributed by atoms with Crippen LogP contribution < -0.4 is 5.32 Å². The van der Waals surface area contributed by atoms with Crippen molar-refractivity contribution < 1.29 is 0 Å². The molecule has 0 aromatic carbocycles. The lowest BCUT2D eigenvalue weighted by Crippen LogP contribution is -2.26. The summed E-state index contributed by atoms with van der Waals surface area (Å²) in [5.74, 6) is 1.18. The minimum Gasteiger partial charge on any atom is -0.361 e. The number of rotatable bonds is 4. The number of nitrogens with zero attached hydrogens (tertiary/aromatic N) is 1. The molecule has 2 atom stereocenters. The average Bonchev–Trinajstić information content (AvgIpc) is 2.61. The molecule has 0 bridgehead atoms. The Balaban J connectivity index is 2.28. The van der Waals surface area contributed by atoms with Crippen LogP contribution in [0.3, 0.4) is 0 Å². The number of thioether (sulfide) groups is 2. The molecule has 0 aromatic rings. The zero-order valence-electron chi connectivity index (χ0n) is 8.54. The maximum Gasteiger partial charge on any atom is 0.156 e. The fourth-order valence-electron chi connectivity index (χ4n) is 1.03. The van der Waals surface area contributed by atoms with E-state index in [0.29, 0.717) is 11.3 Å². The lowest BCUT2D eigenvalue weighted by Gasteiger charge is -2.06. The van der Waals surface area contributed by atoms with Crippen LogP contribution in [-0.4, -0.2) is 35.0 Å². The van der Waals surface area contributed by atoms with E-state index in [2.05, 4.69) is 30.4 Å². The predicted molar refractivity (Wildman–Crippen MR) is 65.0 cm³/mol. The lowest BCUT2D eigenvalue weighted by atomic mass is 10.3. The van der Waals surface area contributed by atoms with Gasteiger partial charge in [-0.1, -0.05) is 25.6 Å². The molecule has 1 aliphatic rings. The summed E-state index contributed by atoms with van der Waals surface area (Å²) in [5, 5.41) is 5.20. The number of nitrogens with one attached hydrogen (secondary N) is 1. The predicted octanol–water partition coefficient (Wildman–Crippen LogP) is 2.21. The standard InChI is InChI=1S/C9H18N2S2/c1-4-8-6-13-9(11-8)10-5-7(2)12-3/h7-8H,4-6H2,1-3H3,(H,10,11). The van der Waals surface area contributed by atoms with Gasteiger partial charge in [-0.2, -0.15) is 11.8 Å². The van der Waals surface area contributed by atoms with Crippen LogP contribution in [0.15, 0.2) is 4.99 Å². The van der Waals surface area contributed by atoms with E-state index < -0.39 is 0 Å². The molecule has 2 unspecified atom stereocenters. The highest BCUT2D eigenvalue weighted by Gasteiger charge is 2.17. The van der Waals surface area contributed by atoms with E-state index in [4.69, 9.17) is 0 Å². The summed E-state index contributed by atoms with van der Waals surface area (Å²) in [4.78, 5) is 4.54. The fraction of sp³-hybridized carbons (Fsp3) is 0.889. The quantitative estimate of drug-likeness (QED) is 0.783. The van der Waals surface area contributed by atoms with Crippen molar-refractivity contribution in [1.82, 2.24) is 5.32 Å². The highest BCUT2D eigenvalue weighted by atomic mass is 32.2. The molecule has 0 aromatic heterocycles. The summed E-state index contributed by atoms with van der Waals surface area (Å²) in [5.41, 5.74) is 0. The Kier molecular flexibility index (Phi) is 5.02. The van der Waals surface area contributed by atoms with Crippen molar-refractivity contribution >= 4 is 28.7 Å². The highest BCUT2D eigenvalue weighted by molar-refractivity contribution is 8.14. The third-order valence-electron chi connectivity index (χ3n) is 2.14. The van der Waals surface area contributed by atoms with E-state index in [1.54, 1.807) is 0 Å². The number of hydrogen-bond acceptors (Lipinski definition) is 3. The van der Waals surface area contributed by atoms with Gasteiger partial charge in [0, 0.05) is 17.0 Å².